The number of alkyl carbamates (subject to hydrolysis) is 1. The number of alkyl halides is 3. The molecule has 8 aromatic rings. The molecule has 34 nitrogen and oxygen atoms in total. The minimum Gasteiger partial charge on any atom is -0.463 e. The minimum absolute atomic E-state index is 0.0164. The molecule has 1 N–H and O–H groups in total. The molecule has 0 spiro atoms. The molecule has 0 unspecified atom stereocenters. The fourth-order valence-corrected chi connectivity index (χ4v) is 16.9. The Bertz CT molecular complexity index is 5150. The summed E-state index contributed by atoms with van der Waals surface area (Å²) in [6.45, 7) is 5.13. The Kier molecular flexibility index (Phi) is 40.9. The first kappa shape index (κ1) is 107. The number of hydrogen-bond donors (Lipinski definition) is 1. The summed E-state index contributed by atoms with van der Waals surface area (Å²) < 4.78 is 168. The average Bonchev–Trinajstić information content (AvgIpc) is 0.747. The van der Waals surface area contributed by atoms with Crippen molar-refractivity contribution in [2.45, 2.75) is 266 Å². The molecule has 8 aromatic carbocycles. The van der Waals surface area contributed by atoms with Gasteiger partial charge in [0, 0.05) is 48.5 Å². The van der Waals surface area contributed by atoms with Crippen LogP contribution in [0.2, 0.25) is 0 Å². The van der Waals surface area contributed by atoms with Gasteiger partial charge in [0.1, 0.15) is 92.5 Å². The molecule has 13 rings (SSSR count). The van der Waals surface area contributed by atoms with Crippen molar-refractivity contribution in [1.82, 2.24) is 5.32 Å². The van der Waals surface area contributed by atoms with Gasteiger partial charge in [0.2, 0.25) is 3.79 Å². The average molecular weight is 2000 g/mol. The van der Waals surface area contributed by atoms with Crippen molar-refractivity contribution in [3.8, 4) is 0 Å². The van der Waals surface area contributed by atoms with Gasteiger partial charge in [0.15, 0.2) is 68.1 Å². The lowest BCUT2D eigenvalue weighted by Crippen LogP contribution is -2.72. The molecule has 0 aromatic heterocycles. The third-order valence-corrected chi connectivity index (χ3v) is 23.1. The molecular formula is C103H116Cl3NO33. The van der Waals surface area contributed by atoms with E-state index in [2.05, 4.69) is 5.32 Å². The highest BCUT2D eigenvalue weighted by Gasteiger charge is 2.62. The number of carbonyl (C=O) groups is 8. The number of nitrogens with one attached hydrogen (secondary N) is 1. The van der Waals surface area contributed by atoms with E-state index in [-0.39, 0.29) is 59.5 Å². The van der Waals surface area contributed by atoms with Gasteiger partial charge in [-0.1, -0.05) is 277 Å². The van der Waals surface area contributed by atoms with Gasteiger partial charge in [-0.25, -0.2) is 4.79 Å². The normalized spacial score (nSPS) is 27.8. The summed E-state index contributed by atoms with van der Waals surface area (Å²) in [5.74, 6) is -6.54. The van der Waals surface area contributed by atoms with Crippen LogP contribution in [0.25, 0.3) is 0 Å². The summed E-state index contributed by atoms with van der Waals surface area (Å²) in [7, 11) is 0. The third-order valence-electron chi connectivity index (χ3n) is 22.8. The van der Waals surface area contributed by atoms with Gasteiger partial charge in [0.05, 0.1) is 78.8 Å². The van der Waals surface area contributed by atoms with Gasteiger partial charge in [0.25, 0.3) is 0 Å². The van der Waals surface area contributed by atoms with Crippen LogP contribution in [0.5, 0.6) is 0 Å². The predicted molar refractivity (Wildman–Crippen MR) is 497 cm³/mol. The Hall–Kier alpha value is -10.5. The van der Waals surface area contributed by atoms with E-state index in [1.807, 2.05) is 152 Å². The van der Waals surface area contributed by atoms with E-state index in [1.165, 1.54) is 6.92 Å². The Morgan fingerprint density at radius 3 is 0.921 bits per heavy atom. The smallest absolute Gasteiger partial charge is 0.407 e. The van der Waals surface area contributed by atoms with Crippen LogP contribution in [0.15, 0.2) is 243 Å². The zero-order valence-electron chi connectivity index (χ0n) is 78.3. The predicted octanol–water partition coefficient (Wildman–Crippen LogP) is 13.0. The highest BCUT2D eigenvalue weighted by atomic mass is 35.6. The quantitative estimate of drug-likeness (QED) is 0.0210. The van der Waals surface area contributed by atoms with Crippen LogP contribution in [0, 0.1) is 0 Å². The van der Waals surface area contributed by atoms with E-state index in [9.17, 15) is 33.6 Å². The number of amides is 1. The lowest BCUT2D eigenvalue weighted by atomic mass is 9.93. The maximum atomic E-state index is 15.7. The van der Waals surface area contributed by atoms with E-state index >= 15 is 4.79 Å². The number of rotatable bonds is 45. The number of hydrogen-bond acceptors (Lipinski definition) is 33. The van der Waals surface area contributed by atoms with E-state index in [1.54, 1.807) is 91.0 Å². The number of benzene rings is 8. The highest BCUT2D eigenvalue weighted by molar-refractivity contribution is 6.67. The lowest BCUT2D eigenvalue weighted by Gasteiger charge is -2.53. The summed E-state index contributed by atoms with van der Waals surface area (Å²) in [6.07, 6.45) is -42.3. The SMILES string of the molecule is CC(=O)OC[C@H]1O[C@@H](O[C@H]2[C@H](O[C@@H]3O[C@@H](C)[C@@H](OC(C)=O)[C@@H](OC(C)=O)[C@@H]3OCc3ccccc3)[C@@H](NC(=O)OCC(Cl)(Cl)Cl)[C@H](O[C@H]3[C@@H](OC(C)=O)[C@@H](COCc4ccccc4)O[C@@H](O[C@H]4[C@H](OCc5ccccc5)[C@@H](OCc5ccccc5)[C@H](OCc5ccccc5)O[C@@H]4COCc4ccccc4)[C@@H]3OCc3ccccc3)O[C@@H]2COCc2ccccc2)[C@H](OC(C)=O)[C@@H](OC(C)=O)[C@H]1OC(C)=O. The maximum absolute atomic E-state index is 15.7. The molecule has 5 saturated heterocycles. The fourth-order valence-electron chi connectivity index (χ4n) is 16.7. The van der Waals surface area contributed by atoms with Crippen molar-refractivity contribution in [3.63, 3.8) is 0 Å². The van der Waals surface area contributed by atoms with Gasteiger partial charge in [-0.2, -0.15) is 0 Å². The van der Waals surface area contributed by atoms with Gasteiger partial charge in [-0.3, -0.25) is 33.6 Å². The number of carbonyl (C=O) groups excluding carboxylic acids is 8. The van der Waals surface area contributed by atoms with Crippen molar-refractivity contribution < 1.29 is 157 Å². The molecule has 5 aliphatic heterocycles. The molecular weight excluding hydrogens is 1890 g/mol. The largest absolute Gasteiger partial charge is 0.463 e. The Morgan fingerprint density at radius 2 is 0.536 bits per heavy atom. The van der Waals surface area contributed by atoms with E-state index < -0.39 is 232 Å². The van der Waals surface area contributed by atoms with Crippen LogP contribution in [0.1, 0.15) is 99.9 Å². The fraction of sp³-hybridized carbons (Fsp3) is 0.456. The Balaban J connectivity index is 1.04. The highest BCUT2D eigenvalue weighted by Crippen LogP contribution is 2.43. The first-order chi connectivity index (χ1) is 67.6. The molecule has 752 valence electrons. The van der Waals surface area contributed by atoms with Crippen LogP contribution in [0.3, 0.4) is 0 Å². The summed E-state index contributed by atoms with van der Waals surface area (Å²) in [6, 6.07) is 71.4. The lowest BCUT2D eigenvalue weighted by molar-refractivity contribution is -0.398. The van der Waals surface area contributed by atoms with Crippen molar-refractivity contribution >= 4 is 82.7 Å². The molecule has 5 aliphatic rings. The zero-order valence-corrected chi connectivity index (χ0v) is 80.6. The van der Waals surface area contributed by atoms with E-state index in [4.69, 9.17) is 153 Å². The second-order valence-corrected chi connectivity index (χ2v) is 36.3. The van der Waals surface area contributed by atoms with Gasteiger partial charge in [-0.05, 0) is 51.4 Å². The topological polar surface area (TPSA) is 379 Å². The molecule has 5 fully saturated rings. The first-order valence-corrected chi connectivity index (χ1v) is 46.9. The maximum Gasteiger partial charge on any atom is 0.407 e. The second-order valence-electron chi connectivity index (χ2n) is 33.7. The molecule has 0 bridgehead atoms. The molecule has 0 radical (unpaired) electrons. The van der Waals surface area contributed by atoms with Crippen LogP contribution in [0.4, 0.5) is 4.79 Å². The molecule has 5 heterocycles. The van der Waals surface area contributed by atoms with Crippen molar-refractivity contribution in [2.24, 2.45) is 0 Å². The van der Waals surface area contributed by atoms with Crippen LogP contribution in [-0.2, 0) is 205 Å². The molecule has 37 heteroatoms. The van der Waals surface area contributed by atoms with Crippen molar-refractivity contribution in [3.05, 3.63) is 287 Å². The van der Waals surface area contributed by atoms with Crippen LogP contribution >= 0.6 is 34.8 Å². The summed E-state index contributed by atoms with van der Waals surface area (Å²) in [4.78, 5) is 112. The van der Waals surface area contributed by atoms with Crippen LogP contribution < -0.4 is 5.32 Å². The van der Waals surface area contributed by atoms with Gasteiger partial charge in [-0.15, -0.1) is 0 Å². The van der Waals surface area contributed by atoms with Gasteiger partial charge < -0.3 is 124 Å². The van der Waals surface area contributed by atoms with Gasteiger partial charge >= 0.3 is 47.9 Å². The molecule has 0 saturated carbocycles. The second kappa shape index (κ2) is 53.6. The first-order valence-electron chi connectivity index (χ1n) is 45.8. The molecule has 1 amide bonds. The number of ether oxygens (including phenoxy) is 25. The van der Waals surface area contributed by atoms with Crippen LogP contribution in [-0.4, -0.2) is 238 Å². The number of halogens is 3. The monoisotopic (exact) mass is 2000 g/mol. The zero-order chi connectivity index (χ0) is 99.0. The van der Waals surface area contributed by atoms with Crippen molar-refractivity contribution in [2.75, 3.05) is 33.0 Å². The summed E-state index contributed by atoms with van der Waals surface area (Å²) >= 11 is 19.3. The number of esters is 7. The van der Waals surface area contributed by atoms with Crippen molar-refractivity contribution in [1.29, 1.82) is 0 Å². The Labute approximate surface area is 825 Å². The Morgan fingerprint density at radius 1 is 0.264 bits per heavy atom. The molecule has 0 aliphatic carbocycles. The third kappa shape index (κ3) is 32.3. The summed E-state index contributed by atoms with van der Waals surface area (Å²) in [5, 5.41) is 2.84. The standard InChI is InChI=1S/C103H116Cl3NO33/c1-62-83(127-64(3)109)90(130-67(6)112)94(122-54-75-43-27-14-28-44-75)99(126-62)139-88-82(107-102(115)125-61-103(104,105)106)97(133-78(57-116-49-70-33-17-9-18-34-70)84(88)137-101-96(132-69(8)114)92(131-68(7)113)87(129-66(5)111)81(136-101)60-119-63(2)108)140-91-86(128-65(4)110)80(59-118-51-72-37-21-11-22-38-72)135-100(95(91)123-55-76-45-29-15-30-46-76)138-85-79(58-117-50-71-35-19-10-20-36-71)134-98(124-56-77-47-31-16-32-48-77)93(121-53-74-41-25-13-26-42-74)89(85)120-52-73-39-23-12-24-40-73/h9-48,62,78-101H,49-61H2,1-8H3,(H,107,115)/t62-,78+,79+,80+,81+,82+,83+,84+,85+,86-,87-,88+,89-,90+,91-,92-,93+,94-,95+,96+,97-,98+,99-,100-,101-/m0/s1. The summed E-state index contributed by atoms with van der Waals surface area (Å²) in [5.41, 5.74) is 5.55. The minimum atomic E-state index is -2.32. The van der Waals surface area contributed by atoms with E-state index in [0.717, 1.165) is 70.7 Å². The molecule has 140 heavy (non-hydrogen) atoms. The van der Waals surface area contributed by atoms with E-state index in [0.29, 0.717) is 22.3 Å². The molecule has 25 atom stereocenters.